The van der Waals surface area contributed by atoms with E-state index in [1.165, 1.54) is 0 Å². The summed E-state index contributed by atoms with van der Waals surface area (Å²) in [6, 6.07) is 8.90. The van der Waals surface area contributed by atoms with Crippen molar-refractivity contribution in [3.05, 3.63) is 35.9 Å². The first-order valence-electron chi connectivity index (χ1n) is 5.47. The molecule has 0 bridgehead atoms. The highest BCUT2D eigenvalue weighted by Crippen LogP contribution is 2.11. The molecule has 0 fully saturated rings. The molecule has 17 heavy (non-hydrogen) atoms. The van der Waals surface area contributed by atoms with Crippen LogP contribution in [0.15, 0.2) is 30.3 Å². The Balaban J connectivity index is 0.00000256. The van der Waals surface area contributed by atoms with E-state index in [4.69, 9.17) is 0 Å². The smallest absolute Gasteiger partial charge is 0.253 e. The van der Waals surface area contributed by atoms with Gasteiger partial charge in [-0.2, -0.15) is 0 Å². The van der Waals surface area contributed by atoms with Crippen LogP contribution < -0.4 is 10.6 Å². The zero-order chi connectivity index (χ0) is 11.8. The molecule has 0 aliphatic heterocycles. The zero-order valence-corrected chi connectivity index (χ0v) is 10.7. The van der Waals surface area contributed by atoms with Crippen LogP contribution in [0.3, 0.4) is 0 Å². The number of halogens is 1. The molecule has 0 spiro atoms. The van der Waals surface area contributed by atoms with E-state index in [9.17, 15) is 9.90 Å². The van der Waals surface area contributed by atoms with E-state index < -0.39 is 6.10 Å². The lowest BCUT2D eigenvalue weighted by molar-refractivity contribution is -0.129. The van der Waals surface area contributed by atoms with Crippen molar-refractivity contribution in [1.29, 1.82) is 0 Å². The van der Waals surface area contributed by atoms with Crippen LogP contribution in [0, 0.1) is 0 Å². The third kappa shape index (κ3) is 5.68. The van der Waals surface area contributed by atoms with Gasteiger partial charge in [0, 0.05) is 13.1 Å². The number of rotatable bonds is 6. The van der Waals surface area contributed by atoms with Gasteiger partial charge in [-0.15, -0.1) is 12.4 Å². The van der Waals surface area contributed by atoms with Crippen molar-refractivity contribution < 1.29 is 9.90 Å². The number of carbonyl (C=O) groups excluding carboxylic acids is 1. The predicted octanol–water partition coefficient (Wildman–Crippen LogP) is 0.868. The quantitative estimate of drug-likeness (QED) is 0.664. The van der Waals surface area contributed by atoms with Gasteiger partial charge < -0.3 is 15.7 Å². The fourth-order valence-corrected chi connectivity index (χ4v) is 1.33. The summed E-state index contributed by atoms with van der Waals surface area (Å²) >= 11 is 0. The number of carbonyl (C=O) groups is 1. The molecule has 1 unspecified atom stereocenters. The first kappa shape index (κ1) is 15.9. The van der Waals surface area contributed by atoms with Gasteiger partial charge in [-0.25, -0.2) is 0 Å². The largest absolute Gasteiger partial charge is 0.378 e. The number of amides is 1. The summed E-state index contributed by atoms with van der Waals surface area (Å²) in [4.78, 5) is 11.5. The maximum atomic E-state index is 11.5. The van der Waals surface area contributed by atoms with Gasteiger partial charge in [0.25, 0.3) is 5.91 Å². The van der Waals surface area contributed by atoms with Crippen LogP contribution in [0.5, 0.6) is 0 Å². The van der Waals surface area contributed by atoms with Crippen molar-refractivity contribution in [2.24, 2.45) is 0 Å². The summed E-state index contributed by atoms with van der Waals surface area (Å²) < 4.78 is 0. The van der Waals surface area contributed by atoms with Crippen molar-refractivity contribution in [2.75, 3.05) is 19.6 Å². The SMILES string of the molecule is CCNCCNC(=O)C(O)c1ccccc1.Cl. The van der Waals surface area contributed by atoms with Crippen molar-refractivity contribution in [3.8, 4) is 0 Å². The average molecular weight is 259 g/mol. The Bertz CT molecular complexity index is 320. The van der Waals surface area contributed by atoms with Crippen molar-refractivity contribution in [3.63, 3.8) is 0 Å². The van der Waals surface area contributed by atoms with E-state index in [0.717, 1.165) is 6.54 Å². The molecule has 5 heteroatoms. The Kier molecular flexibility index (Phi) is 8.40. The van der Waals surface area contributed by atoms with E-state index in [1.807, 2.05) is 13.0 Å². The number of hydrogen-bond acceptors (Lipinski definition) is 3. The number of nitrogens with one attached hydrogen (secondary N) is 2. The summed E-state index contributed by atoms with van der Waals surface area (Å²) in [6.45, 7) is 4.11. The molecule has 0 saturated carbocycles. The van der Waals surface area contributed by atoms with Crippen LogP contribution in [0.1, 0.15) is 18.6 Å². The van der Waals surface area contributed by atoms with Gasteiger partial charge in [0.05, 0.1) is 0 Å². The Morgan fingerprint density at radius 1 is 1.29 bits per heavy atom. The minimum absolute atomic E-state index is 0. The summed E-state index contributed by atoms with van der Waals surface area (Å²) in [5.74, 6) is -0.357. The fourth-order valence-electron chi connectivity index (χ4n) is 1.33. The van der Waals surface area contributed by atoms with Gasteiger partial charge >= 0.3 is 0 Å². The minimum Gasteiger partial charge on any atom is -0.378 e. The lowest BCUT2D eigenvalue weighted by Crippen LogP contribution is -2.34. The predicted molar refractivity (Wildman–Crippen MR) is 70.2 cm³/mol. The molecule has 1 atom stereocenters. The maximum Gasteiger partial charge on any atom is 0.253 e. The van der Waals surface area contributed by atoms with Crippen LogP contribution in [0.4, 0.5) is 0 Å². The standard InChI is InChI=1S/C12H18N2O2.ClH/c1-2-13-8-9-14-12(16)11(15)10-6-4-3-5-7-10;/h3-7,11,13,15H,2,8-9H2,1H3,(H,14,16);1H. The molecule has 96 valence electrons. The van der Waals surface area contributed by atoms with Crippen molar-refractivity contribution >= 4 is 18.3 Å². The third-order valence-corrected chi connectivity index (χ3v) is 2.21. The second-order valence-corrected chi connectivity index (χ2v) is 3.46. The molecule has 0 saturated heterocycles. The molecule has 1 rings (SSSR count). The molecule has 1 amide bonds. The fraction of sp³-hybridized carbons (Fsp3) is 0.417. The molecule has 4 nitrogen and oxygen atoms in total. The molecule has 0 aliphatic rings. The molecule has 0 heterocycles. The van der Waals surface area contributed by atoms with Crippen LogP contribution in [-0.2, 0) is 4.79 Å². The second kappa shape index (κ2) is 8.98. The van der Waals surface area contributed by atoms with E-state index in [-0.39, 0.29) is 18.3 Å². The summed E-state index contributed by atoms with van der Waals surface area (Å²) in [6.07, 6.45) is -1.08. The highest BCUT2D eigenvalue weighted by Gasteiger charge is 2.15. The minimum atomic E-state index is -1.08. The Labute approximate surface area is 108 Å². The molecule has 3 N–H and O–H groups in total. The topological polar surface area (TPSA) is 61.4 Å². The van der Waals surface area contributed by atoms with E-state index in [2.05, 4.69) is 10.6 Å². The summed E-state index contributed by atoms with van der Waals surface area (Å²) in [5, 5.41) is 15.5. The van der Waals surface area contributed by atoms with Crippen LogP contribution in [0.2, 0.25) is 0 Å². The highest BCUT2D eigenvalue weighted by atomic mass is 35.5. The molecular formula is C12H19ClN2O2. The maximum absolute atomic E-state index is 11.5. The van der Waals surface area contributed by atoms with Gasteiger partial charge in [0.15, 0.2) is 6.10 Å². The zero-order valence-electron chi connectivity index (χ0n) is 9.85. The first-order chi connectivity index (χ1) is 7.75. The lowest BCUT2D eigenvalue weighted by Gasteiger charge is -2.11. The van der Waals surface area contributed by atoms with Gasteiger partial charge in [0.1, 0.15) is 0 Å². The van der Waals surface area contributed by atoms with E-state index >= 15 is 0 Å². The number of likely N-dealkylation sites (N-methyl/N-ethyl adjacent to an activating group) is 1. The monoisotopic (exact) mass is 258 g/mol. The summed E-state index contributed by atoms with van der Waals surface area (Å²) in [5.41, 5.74) is 0.614. The van der Waals surface area contributed by atoms with Crippen molar-refractivity contribution in [2.45, 2.75) is 13.0 Å². The van der Waals surface area contributed by atoms with Gasteiger partial charge in [-0.05, 0) is 12.1 Å². The van der Waals surface area contributed by atoms with Crippen molar-refractivity contribution in [1.82, 2.24) is 10.6 Å². The second-order valence-electron chi connectivity index (χ2n) is 3.46. The number of aliphatic hydroxyl groups excluding tert-OH is 1. The molecule has 0 radical (unpaired) electrons. The van der Waals surface area contributed by atoms with E-state index in [1.54, 1.807) is 24.3 Å². The normalized spacial score (nSPS) is 11.4. The van der Waals surface area contributed by atoms with Gasteiger partial charge in [0.2, 0.25) is 0 Å². The Hall–Kier alpha value is -1.10. The van der Waals surface area contributed by atoms with Crippen LogP contribution in [0.25, 0.3) is 0 Å². The first-order valence-corrected chi connectivity index (χ1v) is 5.47. The Morgan fingerprint density at radius 2 is 1.94 bits per heavy atom. The molecule has 0 aromatic heterocycles. The van der Waals surface area contributed by atoms with Crippen LogP contribution in [-0.4, -0.2) is 30.6 Å². The number of hydrogen-bond donors (Lipinski definition) is 3. The third-order valence-electron chi connectivity index (χ3n) is 2.21. The van der Waals surface area contributed by atoms with Gasteiger partial charge in [-0.3, -0.25) is 4.79 Å². The van der Waals surface area contributed by atoms with Crippen LogP contribution >= 0.6 is 12.4 Å². The lowest BCUT2D eigenvalue weighted by atomic mass is 10.1. The highest BCUT2D eigenvalue weighted by molar-refractivity contribution is 5.85. The molecule has 0 aliphatic carbocycles. The number of aliphatic hydroxyl groups is 1. The Morgan fingerprint density at radius 3 is 2.53 bits per heavy atom. The van der Waals surface area contributed by atoms with E-state index in [0.29, 0.717) is 18.7 Å². The van der Waals surface area contributed by atoms with Gasteiger partial charge in [-0.1, -0.05) is 37.3 Å². The average Bonchev–Trinajstić information content (AvgIpc) is 2.34. The molecule has 1 aromatic rings. The number of benzene rings is 1. The summed E-state index contributed by atoms with van der Waals surface area (Å²) in [7, 11) is 0. The molecular weight excluding hydrogens is 240 g/mol. The molecule has 1 aromatic carbocycles.